The highest BCUT2D eigenvalue weighted by Gasteiger charge is 2.28. The largest absolute Gasteiger partial charge is 0.492 e. The van der Waals surface area contributed by atoms with Crippen molar-refractivity contribution in [3.05, 3.63) is 28.5 Å². The summed E-state index contributed by atoms with van der Waals surface area (Å²) in [7, 11) is 0. The fraction of sp³-hybridized carbons (Fsp3) is 0.364. The summed E-state index contributed by atoms with van der Waals surface area (Å²) < 4.78 is 19.0. The Labute approximate surface area is 107 Å². The van der Waals surface area contributed by atoms with Crippen LogP contribution in [0.25, 0.3) is 0 Å². The van der Waals surface area contributed by atoms with Gasteiger partial charge in [-0.25, -0.2) is 10.2 Å². The Hall–Kier alpha value is -1.14. The molecule has 0 atom stereocenters. The first-order chi connectivity index (χ1) is 7.85. The fourth-order valence-corrected chi connectivity index (χ4v) is 1.58. The lowest BCUT2D eigenvalue weighted by molar-refractivity contribution is -0.130. The van der Waals surface area contributed by atoms with Crippen molar-refractivity contribution in [2.45, 2.75) is 13.8 Å². The first kappa shape index (κ1) is 13.9. The van der Waals surface area contributed by atoms with E-state index in [1.807, 2.05) is 0 Å². The van der Waals surface area contributed by atoms with Gasteiger partial charge in [-0.1, -0.05) is 15.9 Å². The van der Waals surface area contributed by atoms with Crippen LogP contribution in [0.4, 0.5) is 4.39 Å². The number of hydrazine groups is 1. The standard InChI is InChI=1S/C11H14BrFN2O2/c1-11(2,10(16)15-14)6-17-9-4-7(12)3-8(13)5-9/h3-5H,6,14H2,1-2H3,(H,15,16). The van der Waals surface area contributed by atoms with E-state index in [1.165, 1.54) is 12.1 Å². The monoisotopic (exact) mass is 304 g/mol. The van der Waals surface area contributed by atoms with Gasteiger partial charge >= 0.3 is 0 Å². The van der Waals surface area contributed by atoms with Gasteiger partial charge in [0, 0.05) is 10.5 Å². The molecule has 0 saturated carbocycles. The van der Waals surface area contributed by atoms with Gasteiger partial charge in [0.25, 0.3) is 0 Å². The Morgan fingerprint density at radius 3 is 2.71 bits per heavy atom. The summed E-state index contributed by atoms with van der Waals surface area (Å²) in [5.74, 6) is 4.66. The summed E-state index contributed by atoms with van der Waals surface area (Å²) in [6.07, 6.45) is 0. The van der Waals surface area contributed by atoms with Gasteiger partial charge in [-0.2, -0.15) is 0 Å². The molecule has 0 saturated heterocycles. The quantitative estimate of drug-likeness (QED) is 0.508. The van der Waals surface area contributed by atoms with Crippen LogP contribution in [0, 0.1) is 11.2 Å². The summed E-state index contributed by atoms with van der Waals surface area (Å²) in [4.78, 5) is 11.4. The van der Waals surface area contributed by atoms with Crippen LogP contribution in [0.15, 0.2) is 22.7 Å². The maximum absolute atomic E-state index is 13.1. The second-order valence-electron chi connectivity index (χ2n) is 4.25. The number of rotatable bonds is 4. The van der Waals surface area contributed by atoms with Crippen LogP contribution in [0.1, 0.15) is 13.8 Å². The van der Waals surface area contributed by atoms with Crippen LogP contribution in [-0.4, -0.2) is 12.5 Å². The highest BCUT2D eigenvalue weighted by atomic mass is 79.9. The molecule has 0 aromatic heterocycles. The van der Waals surface area contributed by atoms with Crippen LogP contribution < -0.4 is 16.0 Å². The van der Waals surface area contributed by atoms with Crippen molar-refractivity contribution in [1.82, 2.24) is 5.43 Å². The van der Waals surface area contributed by atoms with E-state index in [0.717, 1.165) is 0 Å². The third-order valence-electron chi connectivity index (χ3n) is 2.18. The third-order valence-corrected chi connectivity index (χ3v) is 2.64. The van der Waals surface area contributed by atoms with Crippen molar-refractivity contribution in [3.8, 4) is 5.75 Å². The van der Waals surface area contributed by atoms with E-state index in [9.17, 15) is 9.18 Å². The molecule has 0 fully saturated rings. The normalized spacial score (nSPS) is 11.1. The molecule has 1 aromatic rings. The molecule has 0 aliphatic carbocycles. The summed E-state index contributed by atoms with van der Waals surface area (Å²) >= 11 is 3.16. The molecule has 0 spiro atoms. The van der Waals surface area contributed by atoms with Gasteiger partial charge in [-0.15, -0.1) is 0 Å². The van der Waals surface area contributed by atoms with Gasteiger partial charge in [0.15, 0.2) is 0 Å². The summed E-state index contributed by atoms with van der Waals surface area (Å²) in [5, 5.41) is 0. The molecule has 0 unspecified atom stereocenters. The number of carbonyl (C=O) groups excluding carboxylic acids is 1. The van der Waals surface area contributed by atoms with Crippen molar-refractivity contribution in [3.63, 3.8) is 0 Å². The number of amides is 1. The highest BCUT2D eigenvalue weighted by Crippen LogP contribution is 2.23. The topological polar surface area (TPSA) is 64.3 Å². The molecular formula is C11H14BrFN2O2. The lowest BCUT2D eigenvalue weighted by Crippen LogP contribution is -2.44. The zero-order valence-electron chi connectivity index (χ0n) is 9.59. The first-order valence-electron chi connectivity index (χ1n) is 4.95. The Balaban J connectivity index is 2.70. The predicted molar refractivity (Wildman–Crippen MR) is 65.7 cm³/mol. The number of benzene rings is 1. The average molecular weight is 305 g/mol. The number of hydrogen-bond acceptors (Lipinski definition) is 3. The van der Waals surface area contributed by atoms with E-state index >= 15 is 0 Å². The van der Waals surface area contributed by atoms with Crippen molar-refractivity contribution >= 4 is 21.8 Å². The van der Waals surface area contributed by atoms with E-state index in [1.54, 1.807) is 19.9 Å². The van der Waals surface area contributed by atoms with Gasteiger partial charge in [0.2, 0.25) is 5.91 Å². The molecule has 1 rings (SSSR count). The van der Waals surface area contributed by atoms with Crippen molar-refractivity contribution in [1.29, 1.82) is 0 Å². The Morgan fingerprint density at radius 1 is 1.53 bits per heavy atom. The lowest BCUT2D eigenvalue weighted by atomic mass is 9.94. The van der Waals surface area contributed by atoms with Gasteiger partial charge in [0.1, 0.15) is 18.2 Å². The van der Waals surface area contributed by atoms with Crippen molar-refractivity contribution in [2.75, 3.05) is 6.61 Å². The number of hydrogen-bond donors (Lipinski definition) is 2. The molecule has 0 bridgehead atoms. The Morgan fingerprint density at radius 2 is 2.18 bits per heavy atom. The molecule has 0 aliphatic heterocycles. The molecule has 0 heterocycles. The Kier molecular flexibility index (Phi) is 4.47. The second-order valence-corrected chi connectivity index (χ2v) is 5.17. The SMILES string of the molecule is CC(C)(COc1cc(F)cc(Br)c1)C(=O)NN. The summed E-state index contributed by atoms with van der Waals surface area (Å²) in [5.41, 5.74) is 1.28. The van der Waals surface area contributed by atoms with Gasteiger partial charge in [-0.05, 0) is 26.0 Å². The molecule has 3 N–H and O–H groups in total. The zero-order chi connectivity index (χ0) is 13.1. The van der Waals surface area contributed by atoms with E-state index in [-0.39, 0.29) is 12.5 Å². The zero-order valence-corrected chi connectivity index (χ0v) is 11.2. The van der Waals surface area contributed by atoms with Crippen LogP contribution in [0.5, 0.6) is 5.75 Å². The summed E-state index contributed by atoms with van der Waals surface area (Å²) in [6.45, 7) is 3.47. The van der Waals surface area contributed by atoms with Crippen LogP contribution in [0.2, 0.25) is 0 Å². The van der Waals surface area contributed by atoms with Gasteiger partial charge < -0.3 is 4.74 Å². The highest BCUT2D eigenvalue weighted by molar-refractivity contribution is 9.10. The second kappa shape index (κ2) is 5.46. The molecule has 0 aliphatic rings. The molecular weight excluding hydrogens is 291 g/mol. The van der Waals surface area contributed by atoms with Gasteiger partial charge in [-0.3, -0.25) is 10.2 Å². The maximum Gasteiger partial charge on any atom is 0.242 e. The number of halogens is 2. The number of nitrogens with two attached hydrogens (primary N) is 1. The van der Waals surface area contributed by atoms with E-state index in [2.05, 4.69) is 21.4 Å². The molecule has 17 heavy (non-hydrogen) atoms. The smallest absolute Gasteiger partial charge is 0.242 e. The van der Waals surface area contributed by atoms with E-state index < -0.39 is 11.2 Å². The average Bonchev–Trinajstić information content (AvgIpc) is 2.24. The number of ether oxygens (including phenoxy) is 1. The molecule has 6 heteroatoms. The van der Waals surface area contributed by atoms with E-state index in [4.69, 9.17) is 10.6 Å². The maximum atomic E-state index is 13.1. The van der Waals surface area contributed by atoms with E-state index in [0.29, 0.717) is 10.2 Å². The van der Waals surface area contributed by atoms with Crippen LogP contribution in [-0.2, 0) is 4.79 Å². The molecule has 94 valence electrons. The van der Waals surface area contributed by atoms with Gasteiger partial charge in [0.05, 0.1) is 5.41 Å². The lowest BCUT2D eigenvalue weighted by Gasteiger charge is -2.22. The summed E-state index contributed by atoms with van der Waals surface area (Å²) in [6, 6.07) is 4.20. The predicted octanol–water partition coefficient (Wildman–Crippen LogP) is 1.98. The molecule has 4 nitrogen and oxygen atoms in total. The van der Waals surface area contributed by atoms with Crippen molar-refractivity contribution in [2.24, 2.45) is 11.3 Å². The van der Waals surface area contributed by atoms with Crippen LogP contribution in [0.3, 0.4) is 0 Å². The Bertz CT molecular complexity index is 404. The molecule has 1 amide bonds. The minimum atomic E-state index is -0.784. The fourth-order valence-electron chi connectivity index (χ4n) is 1.14. The minimum Gasteiger partial charge on any atom is -0.492 e. The third kappa shape index (κ3) is 3.98. The number of nitrogens with one attached hydrogen (secondary N) is 1. The minimum absolute atomic E-state index is 0.103. The molecule has 1 aromatic carbocycles. The first-order valence-corrected chi connectivity index (χ1v) is 5.74. The molecule has 0 radical (unpaired) electrons. The number of carbonyl (C=O) groups is 1. The van der Waals surface area contributed by atoms with Crippen LogP contribution >= 0.6 is 15.9 Å². The van der Waals surface area contributed by atoms with Crippen molar-refractivity contribution < 1.29 is 13.9 Å².